The lowest BCUT2D eigenvalue weighted by Gasteiger charge is -2.07. The summed E-state index contributed by atoms with van der Waals surface area (Å²) in [5.74, 6) is -0.147. The van der Waals surface area contributed by atoms with Crippen LogP contribution in [0.25, 0.3) is 0 Å². The third-order valence-electron chi connectivity index (χ3n) is 0.749. The lowest BCUT2D eigenvalue weighted by Crippen LogP contribution is -2.23. The van der Waals surface area contributed by atoms with Gasteiger partial charge in [0.1, 0.15) is 6.10 Å². The molecule has 0 aromatic heterocycles. The van der Waals surface area contributed by atoms with E-state index in [0.29, 0.717) is 6.61 Å². The first-order valence-electron chi connectivity index (χ1n) is 2.67. The van der Waals surface area contributed by atoms with Crippen LogP contribution in [0.4, 0.5) is 0 Å². The normalized spacial score (nSPS) is 12.8. The summed E-state index contributed by atoms with van der Waals surface area (Å²) < 4.78 is 4.64. The van der Waals surface area contributed by atoms with Crippen molar-refractivity contribution in [2.75, 3.05) is 12.5 Å². The molecule has 2 N–H and O–H groups in total. The molecule has 0 saturated heterocycles. The van der Waals surface area contributed by atoms with Gasteiger partial charge in [-0.15, -0.1) is 11.6 Å². The number of ether oxygens (including phenoxy) is 1. The second-order valence-electron chi connectivity index (χ2n) is 1.47. The average molecular weight is 152 g/mol. The molecule has 1 atom stereocenters. The first-order chi connectivity index (χ1) is 4.22. The number of aliphatic hydroxyl groups excluding tert-OH is 1. The summed E-state index contributed by atoms with van der Waals surface area (Å²) in [5, 5.41) is 15.7. The van der Waals surface area contributed by atoms with E-state index in [1.165, 1.54) is 0 Å². The second kappa shape index (κ2) is 4.58. The van der Waals surface area contributed by atoms with E-state index in [2.05, 4.69) is 4.74 Å². The number of alkyl halides is 1. The van der Waals surface area contributed by atoms with E-state index in [-0.39, 0.29) is 11.8 Å². The highest BCUT2D eigenvalue weighted by Gasteiger charge is 2.08. The molecule has 0 saturated carbocycles. The maximum absolute atomic E-state index is 8.78. The van der Waals surface area contributed by atoms with Crippen LogP contribution in [0.1, 0.15) is 6.92 Å². The van der Waals surface area contributed by atoms with Crippen molar-refractivity contribution in [2.45, 2.75) is 13.0 Å². The molecule has 0 fully saturated rings. The maximum atomic E-state index is 8.78. The highest BCUT2D eigenvalue weighted by Crippen LogP contribution is 1.91. The van der Waals surface area contributed by atoms with E-state index in [9.17, 15) is 0 Å². The Hall–Kier alpha value is -0.280. The lowest BCUT2D eigenvalue weighted by molar-refractivity contribution is 0.204. The van der Waals surface area contributed by atoms with Crippen LogP contribution in [0.2, 0.25) is 0 Å². The van der Waals surface area contributed by atoms with Crippen molar-refractivity contribution in [1.82, 2.24) is 0 Å². The van der Waals surface area contributed by atoms with Crippen LogP contribution >= 0.6 is 11.6 Å². The number of halogens is 1. The molecule has 0 aromatic rings. The van der Waals surface area contributed by atoms with Crippen LogP contribution in [0, 0.1) is 5.41 Å². The number of hydrogen-bond donors (Lipinski definition) is 2. The fourth-order valence-electron chi connectivity index (χ4n) is 0.322. The number of aliphatic hydroxyl groups is 1. The molecule has 0 amide bonds. The third-order valence-corrected chi connectivity index (χ3v) is 1.04. The van der Waals surface area contributed by atoms with Crippen molar-refractivity contribution in [3.8, 4) is 0 Å². The van der Waals surface area contributed by atoms with E-state index in [1.54, 1.807) is 6.92 Å². The molecular weight excluding hydrogens is 142 g/mol. The summed E-state index contributed by atoms with van der Waals surface area (Å²) in [5.41, 5.74) is 0. The van der Waals surface area contributed by atoms with Crippen molar-refractivity contribution in [2.24, 2.45) is 0 Å². The molecule has 0 spiro atoms. The van der Waals surface area contributed by atoms with Gasteiger partial charge in [-0.2, -0.15) is 0 Å². The standard InChI is InChI=1S/C5H10ClNO2/c1-2-9-5(7)4(8)3-6/h4,7-8H,2-3H2,1H3. The van der Waals surface area contributed by atoms with Gasteiger partial charge in [0.05, 0.1) is 12.5 Å². The van der Waals surface area contributed by atoms with Gasteiger partial charge >= 0.3 is 0 Å². The van der Waals surface area contributed by atoms with Gasteiger partial charge in [-0.1, -0.05) is 0 Å². The molecule has 0 rings (SSSR count). The van der Waals surface area contributed by atoms with Gasteiger partial charge in [-0.3, -0.25) is 5.41 Å². The topological polar surface area (TPSA) is 53.3 Å². The van der Waals surface area contributed by atoms with E-state index in [1.807, 2.05) is 0 Å². The fraction of sp³-hybridized carbons (Fsp3) is 0.800. The van der Waals surface area contributed by atoms with Crippen molar-refractivity contribution in [3.05, 3.63) is 0 Å². The minimum Gasteiger partial charge on any atom is -0.480 e. The molecule has 9 heavy (non-hydrogen) atoms. The Morgan fingerprint density at radius 1 is 1.89 bits per heavy atom. The molecule has 0 radical (unpaired) electrons. The smallest absolute Gasteiger partial charge is 0.211 e. The largest absolute Gasteiger partial charge is 0.480 e. The summed E-state index contributed by atoms with van der Waals surface area (Å²) in [6, 6.07) is 0. The van der Waals surface area contributed by atoms with Gasteiger partial charge in [-0.25, -0.2) is 0 Å². The zero-order valence-corrected chi connectivity index (χ0v) is 5.98. The van der Waals surface area contributed by atoms with Crippen LogP contribution in [-0.2, 0) is 4.74 Å². The van der Waals surface area contributed by atoms with Crippen molar-refractivity contribution in [1.29, 1.82) is 5.41 Å². The zero-order chi connectivity index (χ0) is 7.28. The Morgan fingerprint density at radius 3 is 2.78 bits per heavy atom. The minimum absolute atomic E-state index is 0.0127. The molecule has 0 aliphatic rings. The Labute approximate surface area is 59.1 Å². The van der Waals surface area contributed by atoms with E-state index in [0.717, 1.165) is 0 Å². The molecule has 0 aliphatic carbocycles. The maximum Gasteiger partial charge on any atom is 0.211 e. The molecule has 54 valence electrons. The van der Waals surface area contributed by atoms with Crippen molar-refractivity contribution < 1.29 is 9.84 Å². The van der Waals surface area contributed by atoms with Crippen molar-refractivity contribution in [3.63, 3.8) is 0 Å². The average Bonchev–Trinajstić information content (AvgIpc) is 1.87. The quantitative estimate of drug-likeness (QED) is 0.353. The summed E-state index contributed by atoms with van der Waals surface area (Å²) >= 11 is 5.21. The number of nitrogens with one attached hydrogen (secondary N) is 1. The van der Waals surface area contributed by atoms with Gasteiger partial charge in [0.15, 0.2) is 0 Å². The highest BCUT2D eigenvalue weighted by atomic mass is 35.5. The Kier molecular flexibility index (Phi) is 4.44. The lowest BCUT2D eigenvalue weighted by atomic mass is 10.4. The summed E-state index contributed by atoms with van der Waals surface area (Å²) in [6.07, 6.45) is -0.952. The third kappa shape index (κ3) is 3.32. The Balaban J connectivity index is 3.46. The first-order valence-corrected chi connectivity index (χ1v) is 3.21. The van der Waals surface area contributed by atoms with Crippen LogP contribution in [0.5, 0.6) is 0 Å². The van der Waals surface area contributed by atoms with Gasteiger partial charge in [0.25, 0.3) is 0 Å². The van der Waals surface area contributed by atoms with E-state index in [4.69, 9.17) is 22.1 Å². The molecule has 0 bridgehead atoms. The van der Waals surface area contributed by atoms with Crippen LogP contribution in [0.3, 0.4) is 0 Å². The van der Waals surface area contributed by atoms with Crippen LogP contribution in [0.15, 0.2) is 0 Å². The molecule has 1 unspecified atom stereocenters. The van der Waals surface area contributed by atoms with Crippen LogP contribution in [-0.4, -0.2) is 29.6 Å². The van der Waals surface area contributed by atoms with E-state index < -0.39 is 6.10 Å². The van der Waals surface area contributed by atoms with Gasteiger partial charge in [-0.05, 0) is 6.92 Å². The Morgan fingerprint density at radius 2 is 2.44 bits per heavy atom. The molecule has 3 nitrogen and oxygen atoms in total. The summed E-state index contributed by atoms with van der Waals surface area (Å²) in [7, 11) is 0. The summed E-state index contributed by atoms with van der Waals surface area (Å²) in [4.78, 5) is 0. The predicted octanol–water partition coefficient (Wildman–Crippen LogP) is 0.600. The van der Waals surface area contributed by atoms with Gasteiger partial charge in [0, 0.05) is 0 Å². The molecule has 0 aromatic carbocycles. The minimum atomic E-state index is -0.952. The molecule has 0 aliphatic heterocycles. The summed E-state index contributed by atoms with van der Waals surface area (Å²) in [6.45, 7) is 2.14. The van der Waals surface area contributed by atoms with Crippen LogP contribution < -0.4 is 0 Å². The number of hydrogen-bond acceptors (Lipinski definition) is 3. The fourth-order valence-corrected chi connectivity index (χ4v) is 0.462. The highest BCUT2D eigenvalue weighted by molar-refractivity contribution is 6.19. The number of rotatable bonds is 3. The second-order valence-corrected chi connectivity index (χ2v) is 1.78. The molecule has 0 heterocycles. The Bertz CT molecular complexity index is 97.0. The monoisotopic (exact) mass is 151 g/mol. The van der Waals surface area contributed by atoms with Gasteiger partial charge in [0.2, 0.25) is 5.90 Å². The molecule has 4 heteroatoms. The first kappa shape index (κ1) is 8.72. The van der Waals surface area contributed by atoms with E-state index >= 15 is 0 Å². The van der Waals surface area contributed by atoms with Gasteiger partial charge < -0.3 is 9.84 Å². The molecular formula is C5H10ClNO2. The SMILES string of the molecule is CCOC(=N)C(O)CCl. The van der Waals surface area contributed by atoms with Crippen molar-refractivity contribution >= 4 is 17.5 Å². The predicted molar refractivity (Wildman–Crippen MR) is 36.1 cm³/mol. The zero-order valence-electron chi connectivity index (χ0n) is 5.22.